The van der Waals surface area contributed by atoms with Crippen LogP contribution >= 0.6 is 39.1 Å². The highest BCUT2D eigenvalue weighted by Crippen LogP contribution is 2.36. The van der Waals surface area contributed by atoms with E-state index in [-0.39, 0.29) is 40.1 Å². The summed E-state index contributed by atoms with van der Waals surface area (Å²) < 4.78 is 34.8. The average Bonchev–Trinajstić information content (AvgIpc) is 2.84. The Morgan fingerprint density at radius 1 is 1.00 bits per heavy atom. The van der Waals surface area contributed by atoms with Gasteiger partial charge in [0.2, 0.25) is 15.9 Å². The molecule has 0 radical (unpaired) electrons. The number of hydrogen-bond donors (Lipinski definition) is 0. The van der Waals surface area contributed by atoms with Crippen LogP contribution in [0.4, 0.5) is 0 Å². The van der Waals surface area contributed by atoms with E-state index in [1.54, 1.807) is 0 Å². The number of ether oxygens (including phenoxy) is 1. The third-order valence-electron chi connectivity index (χ3n) is 7.51. The highest BCUT2D eigenvalue weighted by atomic mass is 79.9. The minimum absolute atomic E-state index is 0.0396. The van der Waals surface area contributed by atoms with Crippen LogP contribution in [0, 0.1) is 0 Å². The molecule has 1 atom stereocenters. The Morgan fingerprint density at radius 3 is 2.28 bits per heavy atom. The van der Waals surface area contributed by atoms with Gasteiger partial charge in [0.1, 0.15) is 11.5 Å². The van der Waals surface area contributed by atoms with Gasteiger partial charge in [0.05, 0.1) is 16.7 Å². The first-order chi connectivity index (χ1) is 17.2. The van der Waals surface area contributed by atoms with Crippen molar-refractivity contribution in [3.63, 3.8) is 0 Å². The summed E-state index contributed by atoms with van der Waals surface area (Å²) in [5.74, 6) is -0.0396. The molecule has 3 heterocycles. The molecule has 202 valence electrons. The first-order valence-corrected chi connectivity index (χ1v) is 15.6. The van der Waals surface area contributed by atoms with Crippen molar-refractivity contribution < 1.29 is 17.9 Å². The van der Waals surface area contributed by atoms with E-state index in [2.05, 4.69) is 32.8 Å². The number of piperazine rings is 1. The van der Waals surface area contributed by atoms with Gasteiger partial charge in [-0.3, -0.25) is 9.69 Å². The van der Waals surface area contributed by atoms with Gasteiger partial charge < -0.3 is 14.5 Å². The van der Waals surface area contributed by atoms with Gasteiger partial charge >= 0.3 is 0 Å². The molecule has 1 unspecified atom stereocenters. The van der Waals surface area contributed by atoms with E-state index in [0.717, 1.165) is 39.0 Å². The molecule has 0 N–H and O–H groups in total. The summed E-state index contributed by atoms with van der Waals surface area (Å²) in [5.41, 5.74) is 0. The van der Waals surface area contributed by atoms with Gasteiger partial charge in [-0.15, -0.1) is 0 Å². The quantitative estimate of drug-likeness (QED) is 0.462. The van der Waals surface area contributed by atoms with E-state index in [1.165, 1.54) is 29.3 Å². The SMILES string of the molecule is CN1CCC(N2CCN(C(=O)COCC3CCCCN3S(=O)(=O)c3c(Cl)cc(Br)cc3Cl)CC2)CC1. The smallest absolute Gasteiger partial charge is 0.248 e. The Kier molecular flexibility index (Phi) is 9.99. The number of likely N-dealkylation sites (tertiary alicyclic amines) is 1. The molecule has 0 aliphatic carbocycles. The van der Waals surface area contributed by atoms with Crippen molar-refractivity contribution in [1.82, 2.24) is 19.0 Å². The lowest BCUT2D eigenvalue weighted by Crippen LogP contribution is -2.54. The lowest BCUT2D eigenvalue weighted by Gasteiger charge is -2.42. The average molecular weight is 626 g/mol. The van der Waals surface area contributed by atoms with Gasteiger partial charge in [-0.1, -0.05) is 45.6 Å². The van der Waals surface area contributed by atoms with Crippen LogP contribution < -0.4 is 0 Å². The number of benzene rings is 1. The number of hydrogen-bond acceptors (Lipinski definition) is 6. The number of nitrogens with zero attached hydrogens (tertiary/aromatic N) is 4. The molecular weight excluding hydrogens is 591 g/mol. The van der Waals surface area contributed by atoms with Crippen LogP contribution in [0.15, 0.2) is 21.5 Å². The molecule has 1 amide bonds. The molecule has 4 rings (SSSR count). The van der Waals surface area contributed by atoms with Crippen LogP contribution in [0.1, 0.15) is 32.1 Å². The minimum Gasteiger partial charge on any atom is -0.370 e. The zero-order chi connectivity index (χ0) is 25.9. The second-order valence-corrected chi connectivity index (χ2v) is 13.5. The summed E-state index contributed by atoms with van der Waals surface area (Å²) >= 11 is 15.8. The number of carbonyl (C=O) groups is 1. The van der Waals surface area contributed by atoms with Gasteiger partial charge in [0, 0.05) is 49.3 Å². The number of sulfonamides is 1. The molecule has 0 bridgehead atoms. The molecule has 3 fully saturated rings. The first-order valence-electron chi connectivity index (χ1n) is 12.6. The van der Waals surface area contributed by atoms with Crippen molar-refractivity contribution in [2.24, 2.45) is 0 Å². The topological polar surface area (TPSA) is 73.4 Å². The summed E-state index contributed by atoms with van der Waals surface area (Å²) in [6.07, 6.45) is 4.68. The first kappa shape index (κ1) is 28.5. The predicted octanol–water partition coefficient (Wildman–Crippen LogP) is 3.55. The fraction of sp³-hybridized carbons (Fsp3) is 0.708. The van der Waals surface area contributed by atoms with Crippen LogP contribution in [0.3, 0.4) is 0 Å². The Hall–Kier alpha value is -0.460. The van der Waals surface area contributed by atoms with Crippen molar-refractivity contribution in [3.8, 4) is 0 Å². The highest BCUT2D eigenvalue weighted by molar-refractivity contribution is 9.10. The molecular formula is C24H35BrCl2N4O4S. The second-order valence-electron chi connectivity index (χ2n) is 9.93. The van der Waals surface area contributed by atoms with E-state index in [0.29, 0.717) is 36.6 Å². The molecule has 0 spiro atoms. The number of amides is 1. The van der Waals surface area contributed by atoms with Crippen molar-refractivity contribution >= 4 is 55.1 Å². The monoisotopic (exact) mass is 624 g/mol. The molecule has 3 aliphatic heterocycles. The minimum atomic E-state index is -3.92. The fourth-order valence-corrected chi connectivity index (χ4v) is 8.99. The van der Waals surface area contributed by atoms with Crippen LogP contribution in [0.2, 0.25) is 10.0 Å². The molecule has 0 aromatic heterocycles. The maximum Gasteiger partial charge on any atom is 0.248 e. The van der Waals surface area contributed by atoms with Crippen molar-refractivity contribution in [2.75, 3.05) is 66.1 Å². The molecule has 0 saturated carbocycles. The third-order valence-corrected chi connectivity index (χ3v) is 10.8. The van der Waals surface area contributed by atoms with Crippen LogP contribution in [0.25, 0.3) is 0 Å². The maximum atomic E-state index is 13.5. The van der Waals surface area contributed by atoms with Gasteiger partial charge in [0.15, 0.2) is 0 Å². The molecule has 12 heteroatoms. The summed E-state index contributed by atoms with van der Waals surface area (Å²) in [4.78, 5) is 19.5. The van der Waals surface area contributed by atoms with Crippen molar-refractivity contribution in [2.45, 2.75) is 49.1 Å². The Balaban J connectivity index is 1.29. The van der Waals surface area contributed by atoms with E-state index in [4.69, 9.17) is 27.9 Å². The van der Waals surface area contributed by atoms with Crippen LogP contribution in [-0.4, -0.2) is 111 Å². The lowest BCUT2D eigenvalue weighted by molar-refractivity contribution is -0.138. The van der Waals surface area contributed by atoms with Crippen LogP contribution in [0.5, 0.6) is 0 Å². The van der Waals surface area contributed by atoms with E-state index in [9.17, 15) is 13.2 Å². The van der Waals surface area contributed by atoms with Crippen molar-refractivity contribution in [1.29, 1.82) is 0 Å². The number of halogens is 3. The van der Waals surface area contributed by atoms with E-state index >= 15 is 0 Å². The normalized spacial score (nSPS) is 23.8. The van der Waals surface area contributed by atoms with Gasteiger partial charge in [0.25, 0.3) is 0 Å². The highest BCUT2D eigenvalue weighted by Gasteiger charge is 2.36. The van der Waals surface area contributed by atoms with Gasteiger partial charge in [-0.25, -0.2) is 8.42 Å². The van der Waals surface area contributed by atoms with Gasteiger partial charge in [-0.05, 0) is 58.0 Å². The fourth-order valence-electron chi connectivity index (χ4n) is 5.42. The van der Waals surface area contributed by atoms with Crippen molar-refractivity contribution in [3.05, 3.63) is 26.7 Å². The zero-order valence-corrected chi connectivity index (χ0v) is 24.6. The Bertz CT molecular complexity index is 1010. The van der Waals surface area contributed by atoms with Gasteiger partial charge in [-0.2, -0.15) is 4.31 Å². The lowest BCUT2D eigenvalue weighted by atomic mass is 10.0. The summed E-state index contributed by atoms with van der Waals surface area (Å²) in [5, 5.41) is 0.156. The predicted molar refractivity (Wildman–Crippen MR) is 145 cm³/mol. The Labute approximate surface area is 233 Å². The zero-order valence-electron chi connectivity index (χ0n) is 20.7. The third kappa shape index (κ3) is 6.75. The van der Waals surface area contributed by atoms with E-state index in [1.807, 2.05) is 4.90 Å². The van der Waals surface area contributed by atoms with E-state index < -0.39 is 10.0 Å². The number of rotatable bonds is 7. The summed E-state index contributed by atoms with van der Waals surface area (Å²) in [7, 11) is -1.75. The standard InChI is InChI=1S/C24H35BrCl2N4O4S/c1-28-8-5-19(6-9-28)29-10-12-30(13-11-29)23(32)17-35-16-20-4-2-3-7-31(20)36(33,34)24-21(26)14-18(25)15-22(24)27/h14-15,19-20H,2-13,16-17H2,1H3. The maximum absolute atomic E-state index is 13.5. The molecule has 3 aliphatic rings. The Morgan fingerprint density at radius 2 is 1.64 bits per heavy atom. The van der Waals surface area contributed by atoms with Crippen LogP contribution in [-0.2, 0) is 19.6 Å². The summed E-state index contributed by atoms with van der Waals surface area (Å²) in [6, 6.07) is 3.30. The number of piperidine rings is 2. The largest absolute Gasteiger partial charge is 0.370 e. The summed E-state index contributed by atoms with van der Waals surface area (Å²) in [6.45, 7) is 5.94. The molecule has 1 aromatic rings. The molecule has 36 heavy (non-hydrogen) atoms. The molecule has 3 saturated heterocycles. The molecule has 8 nitrogen and oxygen atoms in total. The number of carbonyl (C=O) groups excluding carboxylic acids is 1. The molecule has 1 aromatic carbocycles. The second kappa shape index (κ2) is 12.6.